The molecule has 0 spiro atoms. The summed E-state index contributed by atoms with van der Waals surface area (Å²) in [6, 6.07) is 7.50. The van der Waals surface area contributed by atoms with Gasteiger partial charge in [-0.2, -0.15) is 0 Å². The Kier molecular flexibility index (Phi) is 4.00. The number of hydrogen-bond acceptors (Lipinski definition) is 2. The van der Waals surface area contributed by atoms with Crippen LogP contribution in [0.5, 0.6) is 0 Å². The van der Waals surface area contributed by atoms with Gasteiger partial charge in [-0.25, -0.2) is 0 Å². The summed E-state index contributed by atoms with van der Waals surface area (Å²) in [4.78, 5) is 0. The number of hydrogen-bond donors (Lipinski definition) is 2. The van der Waals surface area contributed by atoms with Crippen LogP contribution in [0.3, 0.4) is 0 Å². The van der Waals surface area contributed by atoms with E-state index in [4.69, 9.17) is 0 Å². The molecule has 2 atom stereocenters. The smallest absolute Gasteiger partial charge is 0.0476 e. The van der Waals surface area contributed by atoms with Crippen LogP contribution >= 0.6 is 15.9 Å². The van der Waals surface area contributed by atoms with Crippen molar-refractivity contribution in [2.24, 2.45) is 0 Å². The van der Waals surface area contributed by atoms with E-state index in [0.717, 1.165) is 11.0 Å². The fraction of sp³-hybridized carbons (Fsp3) is 0.538. The predicted octanol–water partition coefficient (Wildman–Crippen LogP) is 2.77. The molecule has 2 unspecified atom stereocenters. The Bertz CT molecular complexity index is 359. The van der Waals surface area contributed by atoms with Gasteiger partial charge in [0.2, 0.25) is 0 Å². The molecule has 0 amide bonds. The third-order valence-electron chi connectivity index (χ3n) is 3.39. The first-order valence-electron chi connectivity index (χ1n) is 5.89. The molecule has 1 fully saturated rings. The fourth-order valence-electron chi connectivity index (χ4n) is 2.52. The maximum atomic E-state index is 3.57. The van der Waals surface area contributed by atoms with Crippen LogP contribution in [0, 0.1) is 6.92 Å². The van der Waals surface area contributed by atoms with Crippen molar-refractivity contribution >= 4 is 15.9 Å². The van der Waals surface area contributed by atoms with Crippen LogP contribution in [0.4, 0.5) is 0 Å². The lowest BCUT2D eigenvalue weighted by molar-refractivity contribution is 0.439. The van der Waals surface area contributed by atoms with Crippen molar-refractivity contribution in [3.05, 3.63) is 33.8 Å². The molecule has 3 heteroatoms. The van der Waals surface area contributed by atoms with Crippen molar-refractivity contribution in [2.75, 3.05) is 13.6 Å². The van der Waals surface area contributed by atoms with Gasteiger partial charge in [0.25, 0.3) is 0 Å². The van der Waals surface area contributed by atoms with Gasteiger partial charge in [0.1, 0.15) is 0 Å². The second-order valence-corrected chi connectivity index (χ2v) is 5.39. The van der Waals surface area contributed by atoms with Gasteiger partial charge in [0.15, 0.2) is 0 Å². The number of benzene rings is 1. The molecule has 0 aromatic heterocycles. The molecule has 0 radical (unpaired) electrons. The van der Waals surface area contributed by atoms with Crippen LogP contribution in [-0.4, -0.2) is 19.6 Å². The summed E-state index contributed by atoms with van der Waals surface area (Å²) in [5, 5.41) is 7.02. The van der Waals surface area contributed by atoms with Gasteiger partial charge in [-0.1, -0.05) is 22.0 Å². The summed E-state index contributed by atoms with van der Waals surface area (Å²) in [7, 11) is 2.05. The van der Waals surface area contributed by atoms with Crippen LogP contribution in [0.1, 0.15) is 30.0 Å². The SMILES string of the molecule is CNC(c1cc(Br)ccc1C)C1CCCN1. The second kappa shape index (κ2) is 5.30. The van der Waals surface area contributed by atoms with E-state index in [-0.39, 0.29) is 0 Å². The molecule has 1 aromatic rings. The van der Waals surface area contributed by atoms with Crippen molar-refractivity contribution in [3.63, 3.8) is 0 Å². The number of aryl methyl sites for hydroxylation is 1. The first-order chi connectivity index (χ1) is 7.72. The Labute approximate surface area is 106 Å². The number of rotatable bonds is 3. The quantitative estimate of drug-likeness (QED) is 0.891. The summed E-state index contributed by atoms with van der Waals surface area (Å²) in [6.07, 6.45) is 2.55. The maximum absolute atomic E-state index is 3.57. The van der Waals surface area contributed by atoms with E-state index >= 15 is 0 Å². The average Bonchev–Trinajstić information content (AvgIpc) is 2.78. The lowest BCUT2D eigenvalue weighted by Gasteiger charge is -2.25. The van der Waals surface area contributed by atoms with Gasteiger partial charge >= 0.3 is 0 Å². The molecule has 1 aliphatic rings. The Morgan fingerprint density at radius 3 is 2.94 bits per heavy atom. The van der Waals surface area contributed by atoms with Crippen molar-refractivity contribution in [3.8, 4) is 0 Å². The number of nitrogens with one attached hydrogen (secondary N) is 2. The van der Waals surface area contributed by atoms with E-state index in [2.05, 4.69) is 51.7 Å². The minimum absolute atomic E-state index is 0.417. The molecule has 16 heavy (non-hydrogen) atoms. The number of likely N-dealkylation sites (N-methyl/N-ethyl adjacent to an activating group) is 1. The molecule has 0 saturated carbocycles. The van der Waals surface area contributed by atoms with Crippen LogP contribution in [-0.2, 0) is 0 Å². The predicted molar refractivity (Wildman–Crippen MR) is 71.7 cm³/mol. The highest BCUT2D eigenvalue weighted by atomic mass is 79.9. The average molecular weight is 283 g/mol. The molecule has 88 valence electrons. The van der Waals surface area contributed by atoms with Gasteiger partial charge in [0, 0.05) is 16.6 Å². The van der Waals surface area contributed by atoms with Gasteiger partial charge in [0.05, 0.1) is 0 Å². The molecule has 0 bridgehead atoms. The minimum Gasteiger partial charge on any atom is -0.312 e. The largest absolute Gasteiger partial charge is 0.312 e. The summed E-state index contributed by atoms with van der Waals surface area (Å²) in [6.45, 7) is 3.33. The molecule has 2 nitrogen and oxygen atoms in total. The van der Waals surface area contributed by atoms with E-state index in [9.17, 15) is 0 Å². The van der Waals surface area contributed by atoms with E-state index in [1.807, 2.05) is 7.05 Å². The first kappa shape index (κ1) is 12.1. The standard InChI is InChI=1S/C13H19BrN2/c1-9-5-6-10(14)8-11(9)13(15-2)12-4-3-7-16-12/h5-6,8,12-13,15-16H,3-4,7H2,1-2H3. The van der Waals surface area contributed by atoms with Crippen molar-refractivity contribution in [2.45, 2.75) is 31.8 Å². The third-order valence-corrected chi connectivity index (χ3v) is 3.88. The molecule has 0 aliphatic carbocycles. The van der Waals surface area contributed by atoms with E-state index < -0.39 is 0 Å². The van der Waals surface area contributed by atoms with E-state index in [1.165, 1.54) is 24.0 Å². The van der Waals surface area contributed by atoms with Crippen LogP contribution < -0.4 is 10.6 Å². The molecule has 2 rings (SSSR count). The van der Waals surface area contributed by atoms with Crippen molar-refractivity contribution in [1.29, 1.82) is 0 Å². The zero-order valence-corrected chi connectivity index (χ0v) is 11.5. The fourth-order valence-corrected chi connectivity index (χ4v) is 2.89. The maximum Gasteiger partial charge on any atom is 0.0476 e. The molecule has 2 N–H and O–H groups in total. The Morgan fingerprint density at radius 1 is 1.50 bits per heavy atom. The highest BCUT2D eigenvalue weighted by molar-refractivity contribution is 9.10. The van der Waals surface area contributed by atoms with Crippen LogP contribution in [0.15, 0.2) is 22.7 Å². The third kappa shape index (κ3) is 2.47. The lowest BCUT2D eigenvalue weighted by Crippen LogP contribution is -2.36. The Hall–Kier alpha value is -0.380. The molecular formula is C13H19BrN2. The highest BCUT2D eigenvalue weighted by Crippen LogP contribution is 2.27. The van der Waals surface area contributed by atoms with E-state index in [0.29, 0.717) is 12.1 Å². The first-order valence-corrected chi connectivity index (χ1v) is 6.68. The summed E-state index contributed by atoms with van der Waals surface area (Å²) < 4.78 is 1.16. The molecule has 1 heterocycles. The number of halogens is 1. The normalized spacial score (nSPS) is 22.3. The van der Waals surface area contributed by atoms with Gasteiger partial charge in [-0.3, -0.25) is 0 Å². The van der Waals surface area contributed by atoms with Gasteiger partial charge in [-0.05, 0) is 56.6 Å². The zero-order valence-electron chi connectivity index (χ0n) is 9.89. The molecule has 1 aromatic carbocycles. The molecular weight excluding hydrogens is 264 g/mol. The van der Waals surface area contributed by atoms with Crippen molar-refractivity contribution in [1.82, 2.24) is 10.6 Å². The van der Waals surface area contributed by atoms with Crippen LogP contribution in [0.25, 0.3) is 0 Å². The second-order valence-electron chi connectivity index (χ2n) is 4.47. The Morgan fingerprint density at radius 2 is 2.31 bits per heavy atom. The topological polar surface area (TPSA) is 24.1 Å². The van der Waals surface area contributed by atoms with Crippen LogP contribution in [0.2, 0.25) is 0 Å². The summed E-state index contributed by atoms with van der Waals surface area (Å²) in [5.74, 6) is 0. The van der Waals surface area contributed by atoms with Crippen molar-refractivity contribution < 1.29 is 0 Å². The molecule has 1 saturated heterocycles. The van der Waals surface area contributed by atoms with Gasteiger partial charge < -0.3 is 10.6 Å². The van der Waals surface area contributed by atoms with E-state index in [1.54, 1.807) is 0 Å². The molecule has 1 aliphatic heterocycles. The lowest BCUT2D eigenvalue weighted by atomic mass is 9.94. The highest BCUT2D eigenvalue weighted by Gasteiger charge is 2.25. The minimum atomic E-state index is 0.417. The van der Waals surface area contributed by atoms with Gasteiger partial charge in [-0.15, -0.1) is 0 Å². The summed E-state index contributed by atoms with van der Waals surface area (Å²) >= 11 is 3.55. The summed E-state index contributed by atoms with van der Waals surface area (Å²) in [5.41, 5.74) is 2.76. The Balaban J connectivity index is 2.28. The monoisotopic (exact) mass is 282 g/mol. The zero-order chi connectivity index (χ0) is 11.5.